The zero-order chi connectivity index (χ0) is 17.9. The highest BCUT2D eigenvalue weighted by Crippen LogP contribution is 2.16. The van der Waals surface area contributed by atoms with Crippen LogP contribution in [0.3, 0.4) is 0 Å². The minimum atomic E-state index is -0.305. The Bertz CT molecular complexity index is 694. The minimum absolute atomic E-state index is 0.0725. The zero-order valence-electron chi connectivity index (χ0n) is 14.7. The van der Waals surface area contributed by atoms with Crippen LogP contribution >= 0.6 is 0 Å². The summed E-state index contributed by atoms with van der Waals surface area (Å²) < 4.78 is 14.7. The molecule has 24 heavy (non-hydrogen) atoms. The van der Waals surface area contributed by atoms with E-state index in [-0.39, 0.29) is 17.8 Å². The first-order chi connectivity index (χ1) is 11.3. The molecule has 6 heteroatoms. The van der Waals surface area contributed by atoms with Crippen molar-refractivity contribution in [3.8, 4) is 5.69 Å². The molecule has 0 saturated heterocycles. The number of nitrogens with two attached hydrogens (primary N) is 1. The van der Waals surface area contributed by atoms with Gasteiger partial charge in [0.15, 0.2) is 0 Å². The molecule has 1 heterocycles. The second-order valence-electron chi connectivity index (χ2n) is 6.46. The van der Waals surface area contributed by atoms with E-state index < -0.39 is 0 Å². The van der Waals surface area contributed by atoms with E-state index in [0.717, 1.165) is 17.8 Å². The third kappa shape index (κ3) is 4.00. The van der Waals surface area contributed by atoms with E-state index in [1.54, 1.807) is 35.0 Å². The van der Waals surface area contributed by atoms with Gasteiger partial charge in [-0.25, -0.2) is 9.07 Å². The van der Waals surface area contributed by atoms with Gasteiger partial charge in [-0.05, 0) is 43.5 Å². The highest BCUT2D eigenvalue weighted by Gasteiger charge is 2.19. The predicted molar refractivity (Wildman–Crippen MR) is 92.6 cm³/mol. The number of aromatic nitrogens is 2. The van der Waals surface area contributed by atoms with E-state index >= 15 is 0 Å². The first-order valence-corrected chi connectivity index (χ1v) is 8.13. The summed E-state index contributed by atoms with van der Waals surface area (Å²) in [6, 6.07) is 6.09. The van der Waals surface area contributed by atoms with Gasteiger partial charge in [0.1, 0.15) is 5.82 Å². The Hall–Kier alpha value is -2.21. The molecule has 0 radical (unpaired) electrons. The molecule has 0 aliphatic heterocycles. The lowest BCUT2D eigenvalue weighted by Gasteiger charge is -2.21. The number of benzene rings is 1. The molecule has 0 spiro atoms. The summed E-state index contributed by atoms with van der Waals surface area (Å²) in [5.74, 6) is -0.00522. The number of hydrogen-bond donors (Lipinski definition) is 1. The van der Waals surface area contributed by atoms with Gasteiger partial charge in [0.2, 0.25) is 0 Å². The van der Waals surface area contributed by atoms with E-state index in [9.17, 15) is 9.18 Å². The van der Waals surface area contributed by atoms with Gasteiger partial charge in [0, 0.05) is 19.6 Å². The Kier molecular flexibility index (Phi) is 5.72. The monoisotopic (exact) mass is 332 g/mol. The number of amides is 1. The fraction of sp³-hybridized carbons (Fsp3) is 0.444. The van der Waals surface area contributed by atoms with Crippen molar-refractivity contribution < 1.29 is 9.18 Å². The molecular weight excluding hydrogens is 307 g/mol. The SMILES string of the molecule is Cc1c(C(=O)N(C)CCC(N)C(C)C)cnn1-c1ccc(F)cc1. The van der Waals surface area contributed by atoms with Crippen LogP contribution in [0, 0.1) is 18.7 Å². The maximum absolute atomic E-state index is 13.0. The summed E-state index contributed by atoms with van der Waals surface area (Å²) in [7, 11) is 1.77. The van der Waals surface area contributed by atoms with Crippen molar-refractivity contribution in [2.24, 2.45) is 11.7 Å². The Morgan fingerprint density at radius 2 is 1.96 bits per heavy atom. The normalized spacial score (nSPS) is 12.5. The number of carbonyl (C=O) groups excluding carboxylic acids is 1. The first-order valence-electron chi connectivity index (χ1n) is 8.13. The molecule has 0 aliphatic carbocycles. The lowest BCUT2D eigenvalue weighted by molar-refractivity contribution is 0.0788. The lowest BCUT2D eigenvalue weighted by atomic mass is 10.0. The van der Waals surface area contributed by atoms with E-state index in [1.165, 1.54) is 12.1 Å². The van der Waals surface area contributed by atoms with Gasteiger partial charge in [-0.15, -0.1) is 0 Å². The second kappa shape index (κ2) is 7.57. The van der Waals surface area contributed by atoms with Gasteiger partial charge in [-0.1, -0.05) is 13.8 Å². The van der Waals surface area contributed by atoms with Crippen LogP contribution in [-0.2, 0) is 0 Å². The Morgan fingerprint density at radius 1 is 1.33 bits per heavy atom. The molecule has 1 atom stereocenters. The third-order valence-corrected chi connectivity index (χ3v) is 4.31. The second-order valence-corrected chi connectivity index (χ2v) is 6.46. The van der Waals surface area contributed by atoms with Crippen LogP contribution < -0.4 is 5.73 Å². The van der Waals surface area contributed by atoms with Crippen molar-refractivity contribution in [2.75, 3.05) is 13.6 Å². The fourth-order valence-electron chi connectivity index (χ4n) is 2.45. The summed E-state index contributed by atoms with van der Waals surface area (Å²) in [5, 5.41) is 4.26. The van der Waals surface area contributed by atoms with Gasteiger partial charge in [-0.2, -0.15) is 5.10 Å². The number of halogens is 1. The van der Waals surface area contributed by atoms with Crippen molar-refractivity contribution in [1.82, 2.24) is 14.7 Å². The summed E-state index contributed by atoms with van der Waals surface area (Å²) >= 11 is 0. The van der Waals surface area contributed by atoms with Crippen LogP contribution in [0.1, 0.15) is 36.3 Å². The fourth-order valence-corrected chi connectivity index (χ4v) is 2.45. The number of hydrogen-bond acceptors (Lipinski definition) is 3. The van der Waals surface area contributed by atoms with Crippen LogP contribution in [0.25, 0.3) is 5.69 Å². The van der Waals surface area contributed by atoms with E-state index in [0.29, 0.717) is 18.0 Å². The molecule has 130 valence electrons. The topological polar surface area (TPSA) is 64.2 Å². The average Bonchev–Trinajstić information content (AvgIpc) is 2.93. The zero-order valence-corrected chi connectivity index (χ0v) is 14.7. The van der Waals surface area contributed by atoms with Crippen molar-refractivity contribution >= 4 is 5.91 Å². The van der Waals surface area contributed by atoms with Gasteiger partial charge in [0.05, 0.1) is 23.1 Å². The molecule has 2 aromatic rings. The van der Waals surface area contributed by atoms with Gasteiger partial charge >= 0.3 is 0 Å². The molecule has 1 unspecified atom stereocenters. The smallest absolute Gasteiger partial charge is 0.257 e. The Morgan fingerprint density at radius 3 is 2.54 bits per heavy atom. The molecule has 1 aromatic heterocycles. The van der Waals surface area contributed by atoms with Crippen LogP contribution in [0.2, 0.25) is 0 Å². The summed E-state index contributed by atoms with van der Waals surface area (Å²) in [6.07, 6.45) is 2.31. The predicted octanol–water partition coefficient (Wildman–Crippen LogP) is 2.77. The first kappa shape index (κ1) is 18.1. The van der Waals surface area contributed by atoms with Crippen LogP contribution in [0.15, 0.2) is 30.5 Å². The molecule has 1 amide bonds. The van der Waals surface area contributed by atoms with Crippen LogP contribution in [0.4, 0.5) is 4.39 Å². The number of nitrogens with zero attached hydrogens (tertiary/aromatic N) is 3. The molecular formula is C18H25FN4O. The summed E-state index contributed by atoms with van der Waals surface area (Å²) in [4.78, 5) is 14.3. The Labute approximate surface area is 142 Å². The molecule has 0 bridgehead atoms. The molecule has 0 fully saturated rings. The molecule has 2 rings (SSSR count). The molecule has 0 saturated carbocycles. The molecule has 2 N–H and O–H groups in total. The maximum atomic E-state index is 13.0. The quantitative estimate of drug-likeness (QED) is 0.885. The molecule has 5 nitrogen and oxygen atoms in total. The molecule has 0 aliphatic rings. The van der Waals surface area contributed by atoms with Gasteiger partial charge < -0.3 is 10.6 Å². The largest absolute Gasteiger partial charge is 0.342 e. The standard InChI is InChI=1S/C18H25FN4O/c1-12(2)17(20)9-10-22(4)18(24)16-11-21-23(13(16)3)15-7-5-14(19)6-8-15/h5-8,11-12,17H,9-10,20H2,1-4H3. The van der Waals surface area contributed by atoms with Crippen LogP contribution in [-0.4, -0.2) is 40.2 Å². The highest BCUT2D eigenvalue weighted by atomic mass is 19.1. The van der Waals surface area contributed by atoms with Gasteiger partial charge in [-0.3, -0.25) is 4.79 Å². The van der Waals surface area contributed by atoms with Crippen molar-refractivity contribution in [3.63, 3.8) is 0 Å². The number of rotatable bonds is 6. The maximum Gasteiger partial charge on any atom is 0.257 e. The lowest BCUT2D eigenvalue weighted by Crippen LogP contribution is -2.34. The van der Waals surface area contributed by atoms with Crippen molar-refractivity contribution in [1.29, 1.82) is 0 Å². The van der Waals surface area contributed by atoms with Crippen molar-refractivity contribution in [3.05, 3.63) is 47.5 Å². The van der Waals surface area contributed by atoms with E-state index in [4.69, 9.17) is 5.73 Å². The van der Waals surface area contributed by atoms with Crippen LogP contribution in [0.5, 0.6) is 0 Å². The van der Waals surface area contributed by atoms with E-state index in [2.05, 4.69) is 18.9 Å². The van der Waals surface area contributed by atoms with Crippen molar-refractivity contribution in [2.45, 2.75) is 33.2 Å². The number of carbonyl (C=O) groups is 1. The summed E-state index contributed by atoms with van der Waals surface area (Å²) in [6.45, 7) is 6.57. The van der Waals surface area contributed by atoms with Gasteiger partial charge in [0.25, 0.3) is 5.91 Å². The van der Waals surface area contributed by atoms with E-state index in [1.807, 2.05) is 6.92 Å². The molecule has 1 aromatic carbocycles. The third-order valence-electron chi connectivity index (χ3n) is 4.31. The summed E-state index contributed by atoms with van der Waals surface area (Å²) in [5.41, 5.74) is 8.03. The Balaban J connectivity index is 2.12. The minimum Gasteiger partial charge on any atom is -0.342 e. The highest BCUT2D eigenvalue weighted by molar-refractivity contribution is 5.95. The average molecular weight is 332 g/mol.